The van der Waals surface area contributed by atoms with Crippen molar-refractivity contribution in [2.45, 2.75) is 45.2 Å². The van der Waals surface area contributed by atoms with Gasteiger partial charge in [-0.1, -0.05) is 55.1 Å². The number of anilines is 1. The van der Waals surface area contributed by atoms with Gasteiger partial charge >= 0.3 is 0 Å². The van der Waals surface area contributed by atoms with E-state index >= 15 is 0 Å². The van der Waals surface area contributed by atoms with Gasteiger partial charge in [-0.3, -0.25) is 9.59 Å². The molecule has 30 heavy (non-hydrogen) atoms. The molecule has 1 heterocycles. The fourth-order valence-corrected chi connectivity index (χ4v) is 4.19. The highest BCUT2D eigenvalue weighted by Gasteiger charge is 2.22. The minimum atomic E-state index is -0.203. The topological polar surface area (TPSA) is 76.0 Å². The van der Waals surface area contributed by atoms with Gasteiger partial charge in [-0.05, 0) is 37.1 Å². The molecule has 0 unspecified atom stereocenters. The Kier molecular flexibility index (Phi) is 6.33. The smallest absolute Gasteiger partial charge is 0.244 e. The minimum Gasteiger partial charge on any atom is -0.349 e. The Bertz CT molecular complexity index is 1060. The number of fused-ring (bicyclic) bond motifs is 1. The van der Waals surface area contributed by atoms with Crippen LogP contribution < -0.4 is 10.6 Å². The number of carbonyl (C=O) groups is 2. The van der Waals surface area contributed by atoms with Crippen LogP contribution in [0, 0.1) is 5.92 Å². The number of hydrogen-bond acceptors (Lipinski definition) is 3. The molecular formula is C23H25ClN4O2. The highest BCUT2D eigenvalue weighted by atomic mass is 35.5. The first-order valence-electron chi connectivity index (χ1n) is 10.4. The number of carbonyl (C=O) groups excluding carboxylic acids is 2. The lowest BCUT2D eigenvalue weighted by Gasteiger charge is -2.20. The predicted octanol–water partition coefficient (Wildman–Crippen LogP) is 4.52. The number of imidazole rings is 1. The Morgan fingerprint density at radius 3 is 2.57 bits per heavy atom. The first-order chi connectivity index (χ1) is 14.6. The van der Waals surface area contributed by atoms with Gasteiger partial charge in [0.1, 0.15) is 12.4 Å². The molecule has 156 valence electrons. The molecule has 6 nitrogen and oxygen atoms in total. The summed E-state index contributed by atoms with van der Waals surface area (Å²) >= 11 is 6.15. The second-order valence-corrected chi connectivity index (χ2v) is 8.09. The number of nitrogens with zero attached hydrogens (tertiary/aromatic N) is 2. The van der Waals surface area contributed by atoms with Gasteiger partial charge in [0.05, 0.1) is 28.3 Å². The molecule has 1 fully saturated rings. The van der Waals surface area contributed by atoms with Gasteiger partial charge in [-0.2, -0.15) is 0 Å². The van der Waals surface area contributed by atoms with Crippen molar-refractivity contribution in [3.8, 4) is 0 Å². The summed E-state index contributed by atoms with van der Waals surface area (Å²) in [6, 6.07) is 14.8. The quantitative estimate of drug-likeness (QED) is 0.610. The van der Waals surface area contributed by atoms with Crippen LogP contribution in [0.15, 0.2) is 48.5 Å². The van der Waals surface area contributed by atoms with Crippen molar-refractivity contribution in [3.05, 3.63) is 59.4 Å². The van der Waals surface area contributed by atoms with Gasteiger partial charge in [0.2, 0.25) is 11.8 Å². The van der Waals surface area contributed by atoms with Crippen molar-refractivity contribution >= 4 is 40.1 Å². The van der Waals surface area contributed by atoms with E-state index in [1.54, 1.807) is 12.1 Å². The average Bonchev–Trinajstić information content (AvgIpc) is 3.11. The second-order valence-electron chi connectivity index (χ2n) is 7.68. The molecule has 0 atom stereocenters. The highest BCUT2D eigenvalue weighted by Crippen LogP contribution is 2.24. The Morgan fingerprint density at radius 2 is 1.77 bits per heavy atom. The highest BCUT2D eigenvalue weighted by molar-refractivity contribution is 6.33. The Hall–Kier alpha value is -2.86. The molecule has 1 aromatic heterocycles. The zero-order valence-corrected chi connectivity index (χ0v) is 17.5. The first kappa shape index (κ1) is 20.4. The van der Waals surface area contributed by atoms with Crippen LogP contribution in [0.2, 0.25) is 5.02 Å². The molecule has 4 rings (SSSR count). The van der Waals surface area contributed by atoms with Crippen LogP contribution >= 0.6 is 11.6 Å². The maximum absolute atomic E-state index is 12.7. The summed E-state index contributed by atoms with van der Waals surface area (Å²) in [6.45, 7) is 0.379. The minimum absolute atomic E-state index is 0.0776. The largest absolute Gasteiger partial charge is 0.349 e. The molecule has 7 heteroatoms. The van der Waals surface area contributed by atoms with Crippen LogP contribution in [0.5, 0.6) is 0 Å². The average molecular weight is 425 g/mol. The normalized spacial score (nSPS) is 14.6. The fraction of sp³-hybridized carbons (Fsp3) is 0.348. The third-order valence-corrected chi connectivity index (χ3v) is 5.91. The van der Waals surface area contributed by atoms with Crippen molar-refractivity contribution in [3.63, 3.8) is 0 Å². The molecule has 2 N–H and O–H groups in total. The maximum atomic E-state index is 12.7. The number of aromatic nitrogens is 2. The number of rotatable bonds is 6. The van der Waals surface area contributed by atoms with E-state index in [0.717, 1.165) is 36.7 Å². The summed E-state index contributed by atoms with van der Waals surface area (Å²) < 4.78 is 1.85. The number of hydrogen-bond donors (Lipinski definition) is 2. The zero-order chi connectivity index (χ0) is 20.9. The maximum Gasteiger partial charge on any atom is 0.244 e. The van der Waals surface area contributed by atoms with Gasteiger partial charge in [0.15, 0.2) is 0 Å². The van der Waals surface area contributed by atoms with E-state index < -0.39 is 0 Å². The molecule has 1 aliphatic rings. The molecule has 3 aromatic rings. The Labute approximate surface area is 180 Å². The predicted molar refractivity (Wildman–Crippen MR) is 118 cm³/mol. The molecule has 1 saturated carbocycles. The molecule has 0 spiro atoms. The van der Waals surface area contributed by atoms with Gasteiger partial charge in [-0.15, -0.1) is 0 Å². The van der Waals surface area contributed by atoms with E-state index in [9.17, 15) is 9.59 Å². The SMILES string of the molecule is O=C(Cn1c(CNC(=O)C2CCCCC2)nc2ccccc21)Nc1ccccc1Cl. The number of benzene rings is 2. The molecule has 0 bridgehead atoms. The zero-order valence-electron chi connectivity index (χ0n) is 16.7. The van der Waals surface area contributed by atoms with Crippen LogP contribution in [-0.2, 0) is 22.7 Å². The molecule has 0 saturated heterocycles. The lowest BCUT2D eigenvalue weighted by atomic mass is 9.89. The standard InChI is InChI=1S/C23H25ClN4O2/c24-17-10-4-5-11-18(17)27-22(29)15-28-20-13-7-6-12-19(20)26-21(28)14-25-23(30)16-8-2-1-3-9-16/h4-7,10-13,16H,1-3,8-9,14-15H2,(H,25,30)(H,27,29). The summed E-state index contributed by atoms with van der Waals surface area (Å²) in [5.41, 5.74) is 2.22. The van der Waals surface area contributed by atoms with Crippen molar-refractivity contribution < 1.29 is 9.59 Å². The number of nitrogens with one attached hydrogen (secondary N) is 2. The van der Waals surface area contributed by atoms with E-state index in [1.165, 1.54) is 6.42 Å². The molecule has 1 aliphatic carbocycles. The van der Waals surface area contributed by atoms with Crippen LogP contribution in [0.4, 0.5) is 5.69 Å². The van der Waals surface area contributed by atoms with E-state index in [0.29, 0.717) is 23.1 Å². The van der Waals surface area contributed by atoms with E-state index in [-0.39, 0.29) is 24.3 Å². The van der Waals surface area contributed by atoms with Crippen molar-refractivity contribution in [2.75, 3.05) is 5.32 Å². The van der Waals surface area contributed by atoms with E-state index in [1.807, 2.05) is 41.0 Å². The molecule has 2 amide bonds. The third-order valence-electron chi connectivity index (χ3n) is 5.58. The van der Waals surface area contributed by atoms with Crippen LogP contribution in [0.3, 0.4) is 0 Å². The molecule has 0 aliphatic heterocycles. The Balaban J connectivity index is 1.50. The van der Waals surface area contributed by atoms with E-state index in [4.69, 9.17) is 11.6 Å². The van der Waals surface area contributed by atoms with Crippen molar-refractivity contribution in [1.29, 1.82) is 0 Å². The van der Waals surface area contributed by atoms with Gasteiger partial charge < -0.3 is 15.2 Å². The molecular weight excluding hydrogens is 400 g/mol. The molecule has 0 radical (unpaired) electrons. The number of para-hydroxylation sites is 3. The number of amides is 2. The fourth-order valence-electron chi connectivity index (χ4n) is 4.01. The summed E-state index contributed by atoms with van der Waals surface area (Å²) in [5, 5.41) is 6.36. The number of halogens is 1. The van der Waals surface area contributed by atoms with Crippen molar-refractivity contribution in [1.82, 2.24) is 14.9 Å². The lowest BCUT2D eigenvalue weighted by Crippen LogP contribution is -2.32. The summed E-state index contributed by atoms with van der Waals surface area (Å²) in [6.07, 6.45) is 5.32. The van der Waals surface area contributed by atoms with Crippen LogP contribution in [-0.4, -0.2) is 21.4 Å². The van der Waals surface area contributed by atoms with Gasteiger partial charge in [-0.25, -0.2) is 4.98 Å². The lowest BCUT2D eigenvalue weighted by molar-refractivity contribution is -0.126. The van der Waals surface area contributed by atoms with E-state index in [2.05, 4.69) is 15.6 Å². The second kappa shape index (κ2) is 9.30. The third kappa shape index (κ3) is 4.65. The van der Waals surface area contributed by atoms with Crippen molar-refractivity contribution in [2.24, 2.45) is 5.92 Å². The van der Waals surface area contributed by atoms with Gasteiger partial charge in [0.25, 0.3) is 0 Å². The molecule has 2 aromatic carbocycles. The van der Waals surface area contributed by atoms with Crippen LogP contribution in [0.25, 0.3) is 11.0 Å². The Morgan fingerprint density at radius 1 is 1.03 bits per heavy atom. The van der Waals surface area contributed by atoms with Crippen LogP contribution in [0.1, 0.15) is 37.9 Å². The summed E-state index contributed by atoms with van der Waals surface area (Å²) in [4.78, 5) is 29.9. The van der Waals surface area contributed by atoms with Gasteiger partial charge in [0, 0.05) is 5.92 Å². The monoisotopic (exact) mass is 424 g/mol. The summed E-state index contributed by atoms with van der Waals surface area (Å²) in [7, 11) is 0. The summed E-state index contributed by atoms with van der Waals surface area (Å²) in [5.74, 6) is 0.620. The first-order valence-corrected chi connectivity index (χ1v) is 10.8.